The van der Waals surface area contributed by atoms with Crippen molar-refractivity contribution in [3.8, 4) is 11.5 Å². The van der Waals surface area contributed by atoms with E-state index in [1.165, 1.54) is 67.8 Å². The van der Waals surface area contributed by atoms with Crippen molar-refractivity contribution in [2.45, 2.75) is 18.8 Å². The van der Waals surface area contributed by atoms with E-state index in [9.17, 15) is 44.5 Å². The van der Waals surface area contributed by atoms with Crippen LogP contribution in [0.2, 0.25) is 5.02 Å². The van der Waals surface area contributed by atoms with Crippen LogP contribution in [-0.4, -0.2) is 45.7 Å². The van der Waals surface area contributed by atoms with Crippen molar-refractivity contribution < 1.29 is 38.9 Å². The number of imide groups is 2. The molecule has 3 fully saturated rings. The quantitative estimate of drug-likeness (QED) is 0.163. The fraction of sp³-hybridized carbons (Fsp3) is 0.273. The molecule has 2 aliphatic heterocycles. The monoisotopic (exact) mass is 672 g/mol. The fourth-order valence-corrected chi connectivity index (χ4v) is 8.07. The predicted octanol–water partition coefficient (Wildman–Crippen LogP) is 4.92. The van der Waals surface area contributed by atoms with Gasteiger partial charge in [0.25, 0.3) is 11.4 Å². The number of non-ortho nitro benzene ring substituents is 2. The number of carbonyl (C=O) groups excluding carboxylic acids is 4. The molecule has 7 rings (SSSR count). The van der Waals surface area contributed by atoms with Gasteiger partial charge in [-0.05, 0) is 60.7 Å². The number of anilines is 2. The molecule has 0 radical (unpaired) electrons. The Morgan fingerprint density at radius 1 is 0.771 bits per heavy atom. The maximum absolute atomic E-state index is 14.2. The first kappa shape index (κ1) is 31.0. The first-order chi connectivity index (χ1) is 22.9. The lowest BCUT2D eigenvalue weighted by Gasteiger charge is -2.44. The Kier molecular flexibility index (Phi) is 7.27. The van der Waals surface area contributed by atoms with Crippen LogP contribution in [0.4, 0.5) is 22.7 Å². The summed E-state index contributed by atoms with van der Waals surface area (Å²) in [6.45, 7) is 0. The van der Waals surface area contributed by atoms with Gasteiger partial charge in [0.15, 0.2) is 11.5 Å². The van der Waals surface area contributed by atoms with Gasteiger partial charge in [-0.25, -0.2) is 0 Å². The number of hydrogen-bond acceptors (Lipinski definition) is 10. The summed E-state index contributed by atoms with van der Waals surface area (Å²) in [6, 6.07) is 13.1. The Bertz CT molecular complexity index is 1980. The Hall–Kier alpha value is -5.63. The normalized spacial score (nSPS) is 26.2. The highest BCUT2D eigenvalue weighted by atomic mass is 35.5. The number of hydrogen-bond donors (Lipinski definition) is 1. The molecular weight excluding hydrogens is 648 g/mol. The summed E-state index contributed by atoms with van der Waals surface area (Å²) in [4.78, 5) is 79.5. The first-order valence-electron chi connectivity index (χ1n) is 14.9. The summed E-state index contributed by atoms with van der Waals surface area (Å²) < 4.78 is 5.34. The van der Waals surface area contributed by atoms with Gasteiger partial charge in [-0.1, -0.05) is 23.3 Å². The third kappa shape index (κ3) is 4.54. The van der Waals surface area contributed by atoms with Crippen LogP contribution in [0, 0.1) is 49.8 Å². The fourth-order valence-electron chi connectivity index (χ4n) is 7.85. The molecular formula is C33H25ClN4O10. The molecule has 2 aliphatic carbocycles. The molecule has 1 saturated carbocycles. The van der Waals surface area contributed by atoms with E-state index < -0.39 is 69.0 Å². The molecule has 0 spiro atoms. The average molecular weight is 673 g/mol. The zero-order chi connectivity index (χ0) is 34.2. The number of nitrogens with zero attached hydrogens (tertiary/aromatic N) is 4. The number of allylic oxidation sites excluding steroid dienone is 2. The predicted molar refractivity (Wildman–Crippen MR) is 168 cm³/mol. The number of carbonyl (C=O) groups is 4. The molecule has 3 aromatic carbocycles. The third-order valence-electron chi connectivity index (χ3n) is 9.92. The van der Waals surface area contributed by atoms with Gasteiger partial charge < -0.3 is 9.84 Å². The maximum Gasteiger partial charge on any atom is 0.269 e. The number of fused-ring (bicyclic) bond motifs is 4. The van der Waals surface area contributed by atoms with Gasteiger partial charge in [-0.15, -0.1) is 0 Å². The van der Waals surface area contributed by atoms with Gasteiger partial charge in [-0.2, -0.15) is 0 Å². The summed E-state index contributed by atoms with van der Waals surface area (Å²) >= 11 is 6.40. The summed E-state index contributed by atoms with van der Waals surface area (Å²) in [7, 11) is 1.34. The minimum atomic E-state index is -0.963. The molecule has 2 heterocycles. The highest BCUT2D eigenvalue weighted by molar-refractivity contribution is 6.32. The molecule has 0 unspecified atom stereocenters. The average Bonchev–Trinajstić information content (AvgIpc) is 3.48. The Morgan fingerprint density at radius 3 is 1.81 bits per heavy atom. The zero-order valence-electron chi connectivity index (χ0n) is 25.0. The molecule has 0 aromatic heterocycles. The number of nitro groups is 2. The molecule has 4 amide bonds. The van der Waals surface area contributed by atoms with Crippen molar-refractivity contribution in [3.63, 3.8) is 0 Å². The van der Waals surface area contributed by atoms with Crippen molar-refractivity contribution in [2.24, 2.45) is 29.6 Å². The summed E-state index contributed by atoms with van der Waals surface area (Å²) in [5, 5.41) is 32.9. The van der Waals surface area contributed by atoms with E-state index in [-0.39, 0.29) is 52.1 Å². The summed E-state index contributed by atoms with van der Waals surface area (Å²) in [5.41, 5.74) is 1.03. The van der Waals surface area contributed by atoms with Gasteiger partial charge in [0.2, 0.25) is 23.6 Å². The van der Waals surface area contributed by atoms with Crippen molar-refractivity contribution in [2.75, 3.05) is 16.9 Å². The number of phenolic OH excluding ortho intramolecular Hbond substituents is 1. The van der Waals surface area contributed by atoms with Gasteiger partial charge in [0, 0.05) is 30.2 Å². The lowest BCUT2D eigenvalue weighted by atomic mass is 9.57. The van der Waals surface area contributed by atoms with Gasteiger partial charge >= 0.3 is 0 Å². The lowest BCUT2D eigenvalue weighted by Crippen LogP contribution is -2.43. The molecule has 244 valence electrons. The van der Waals surface area contributed by atoms with Crippen molar-refractivity contribution in [1.29, 1.82) is 0 Å². The second kappa shape index (κ2) is 11.3. The molecule has 14 nitrogen and oxygen atoms in total. The van der Waals surface area contributed by atoms with Crippen LogP contribution in [-0.2, 0) is 19.2 Å². The number of ether oxygens (including phenoxy) is 1. The molecule has 1 N–H and O–H groups in total. The van der Waals surface area contributed by atoms with E-state index >= 15 is 0 Å². The highest BCUT2D eigenvalue weighted by Gasteiger charge is 2.62. The summed E-state index contributed by atoms with van der Waals surface area (Å²) in [6.07, 6.45) is 2.06. The lowest BCUT2D eigenvalue weighted by molar-refractivity contribution is -0.385. The van der Waals surface area contributed by atoms with E-state index in [4.69, 9.17) is 16.3 Å². The minimum Gasteiger partial charge on any atom is -0.503 e. The van der Waals surface area contributed by atoms with Crippen LogP contribution in [0.25, 0.3) is 0 Å². The topological polar surface area (TPSA) is 190 Å². The Balaban J connectivity index is 1.33. The van der Waals surface area contributed by atoms with Crippen molar-refractivity contribution in [3.05, 3.63) is 103 Å². The number of methoxy groups -OCH3 is 1. The largest absolute Gasteiger partial charge is 0.503 e. The zero-order valence-corrected chi connectivity index (χ0v) is 25.8. The van der Waals surface area contributed by atoms with Gasteiger partial charge in [0.1, 0.15) is 0 Å². The van der Waals surface area contributed by atoms with Gasteiger partial charge in [0.05, 0.1) is 57.0 Å². The van der Waals surface area contributed by atoms with Crippen LogP contribution in [0.15, 0.2) is 72.3 Å². The van der Waals surface area contributed by atoms with E-state index in [2.05, 4.69) is 0 Å². The molecule has 15 heteroatoms. The summed E-state index contributed by atoms with van der Waals surface area (Å²) in [5.74, 6) is -7.38. The van der Waals surface area contributed by atoms with Crippen molar-refractivity contribution in [1.82, 2.24) is 0 Å². The van der Waals surface area contributed by atoms with Crippen molar-refractivity contribution >= 4 is 58.0 Å². The second-order valence-electron chi connectivity index (χ2n) is 12.1. The smallest absolute Gasteiger partial charge is 0.269 e. The first-order valence-corrected chi connectivity index (χ1v) is 15.3. The molecule has 2 saturated heterocycles. The number of nitro benzene ring substituents is 2. The van der Waals surface area contributed by atoms with Crippen LogP contribution >= 0.6 is 11.6 Å². The van der Waals surface area contributed by atoms with E-state index in [0.717, 1.165) is 9.80 Å². The molecule has 48 heavy (non-hydrogen) atoms. The van der Waals surface area contributed by atoms with Crippen LogP contribution < -0.4 is 14.5 Å². The number of rotatable bonds is 6. The van der Waals surface area contributed by atoms with Gasteiger partial charge in [-0.3, -0.25) is 49.2 Å². The van der Waals surface area contributed by atoms with E-state index in [1.54, 1.807) is 0 Å². The second-order valence-corrected chi connectivity index (χ2v) is 12.6. The van der Waals surface area contributed by atoms with E-state index in [1.807, 2.05) is 6.08 Å². The molecule has 6 atom stereocenters. The number of amides is 4. The molecule has 3 aromatic rings. The molecule has 0 bridgehead atoms. The number of halogens is 1. The maximum atomic E-state index is 14.2. The Morgan fingerprint density at radius 2 is 1.29 bits per heavy atom. The minimum absolute atomic E-state index is 0.0333. The number of aromatic hydroxyl groups is 1. The highest BCUT2D eigenvalue weighted by Crippen LogP contribution is 2.59. The third-order valence-corrected chi connectivity index (χ3v) is 10.2. The Labute approximate surface area is 276 Å². The SMILES string of the molecule is COc1cc([C@H]2C3=CC[C@@H]4C(=O)N(c5ccc([N+](=O)[O-])cc5)C(=O)[C@@H]4[C@@H]3C[C@H]3C(=O)N(c4ccc([N+](=O)[O-])cc4)C(=O)[C@@H]23)cc(Cl)c1O. The number of benzene rings is 3. The van der Waals surface area contributed by atoms with Crippen LogP contribution in [0.3, 0.4) is 0 Å². The molecule has 4 aliphatic rings. The standard InChI is InChI=1S/C33H25ClN4O10/c1-48-25-13-15(12-24(34)29(25)39)26-20-10-11-21-27(32(42)35(30(21)40)16-2-6-18(7-3-16)37(44)45)22(20)14-23-28(26)33(43)36(31(23)41)17-4-8-19(9-5-17)38(46)47/h2-10,12-13,21-23,26-28,39H,11,14H2,1H3/t21-,22+,23+,26-,27-,28+/m0/s1. The number of phenols is 1. The van der Waals surface area contributed by atoms with Crippen LogP contribution in [0.5, 0.6) is 11.5 Å². The van der Waals surface area contributed by atoms with Crippen LogP contribution in [0.1, 0.15) is 24.3 Å². The van der Waals surface area contributed by atoms with E-state index in [0.29, 0.717) is 11.1 Å².